The first-order valence-corrected chi connectivity index (χ1v) is 3.66. The van der Waals surface area contributed by atoms with E-state index in [1.54, 1.807) is 0 Å². The summed E-state index contributed by atoms with van der Waals surface area (Å²) in [6.07, 6.45) is 0. The van der Waals surface area contributed by atoms with Crippen molar-refractivity contribution in [1.29, 1.82) is 0 Å². The number of carboxylic acids is 1. The lowest BCUT2D eigenvalue weighted by molar-refractivity contribution is -0.138. The van der Waals surface area contributed by atoms with Crippen LogP contribution in [0.3, 0.4) is 0 Å². The highest BCUT2D eigenvalue weighted by molar-refractivity contribution is 5.77. The lowest BCUT2D eigenvalue weighted by Crippen LogP contribution is -2.22. The van der Waals surface area contributed by atoms with E-state index in [-0.39, 0.29) is 5.56 Å². The first-order valence-electron chi connectivity index (χ1n) is 3.66. The highest BCUT2D eigenvalue weighted by atomic mass is 19.1. The average Bonchev–Trinajstić information content (AvgIpc) is 2.09. The summed E-state index contributed by atoms with van der Waals surface area (Å²) < 4.78 is 25.5. The monoisotopic (exact) mass is 202 g/mol. The van der Waals surface area contributed by atoms with Crippen molar-refractivity contribution in [3.8, 4) is 0 Å². The van der Waals surface area contributed by atoms with Crippen LogP contribution in [0.25, 0.3) is 0 Å². The van der Waals surface area contributed by atoms with Gasteiger partial charge in [-0.05, 0) is 6.07 Å². The molecule has 0 heterocycles. The largest absolute Gasteiger partial charge is 0.480 e. The van der Waals surface area contributed by atoms with Crippen molar-refractivity contribution in [1.82, 2.24) is 0 Å². The Morgan fingerprint density at radius 2 is 2.00 bits per heavy atom. The van der Waals surface area contributed by atoms with Gasteiger partial charge in [0.25, 0.3) is 0 Å². The Morgan fingerprint density at radius 3 is 2.50 bits per heavy atom. The summed E-state index contributed by atoms with van der Waals surface area (Å²) in [7, 11) is 0. The minimum atomic E-state index is -1.53. The second kappa shape index (κ2) is 3.59. The summed E-state index contributed by atoms with van der Waals surface area (Å²) in [6, 6.07) is -0.162. The first-order chi connectivity index (χ1) is 6.43. The molecule has 0 radical (unpaired) electrons. The van der Waals surface area contributed by atoms with Crippen molar-refractivity contribution >= 4 is 11.7 Å². The van der Waals surface area contributed by atoms with Gasteiger partial charge in [0, 0.05) is 11.6 Å². The summed E-state index contributed by atoms with van der Waals surface area (Å²) in [5.74, 6) is -3.33. The van der Waals surface area contributed by atoms with E-state index in [9.17, 15) is 13.6 Å². The number of hydrogen-bond acceptors (Lipinski definition) is 3. The molecule has 0 aliphatic rings. The van der Waals surface area contributed by atoms with Crippen LogP contribution < -0.4 is 11.5 Å². The van der Waals surface area contributed by atoms with Gasteiger partial charge in [-0.25, -0.2) is 8.78 Å². The molecule has 76 valence electrons. The topological polar surface area (TPSA) is 89.3 Å². The zero-order valence-electron chi connectivity index (χ0n) is 7.00. The van der Waals surface area contributed by atoms with E-state index >= 15 is 0 Å². The Bertz CT molecular complexity index is 382. The molecule has 0 spiro atoms. The predicted octanol–water partition coefficient (Wildman–Crippen LogP) is 0.631. The number of carbonyl (C=O) groups is 1. The van der Waals surface area contributed by atoms with E-state index in [2.05, 4.69) is 0 Å². The maximum atomic E-state index is 12.9. The molecule has 1 aromatic rings. The SMILES string of the molecule is Nc1c(F)cc(F)cc1[C@H](N)C(=O)O. The molecule has 1 rings (SSSR count). The van der Waals surface area contributed by atoms with Crippen molar-refractivity contribution in [2.45, 2.75) is 6.04 Å². The van der Waals surface area contributed by atoms with Crippen LogP contribution in [0.1, 0.15) is 11.6 Å². The maximum Gasteiger partial charge on any atom is 0.325 e. The van der Waals surface area contributed by atoms with E-state index in [1.165, 1.54) is 0 Å². The number of hydrogen-bond donors (Lipinski definition) is 3. The summed E-state index contributed by atoms with van der Waals surface area (Å²) in [6.45, 7) is 0. The fraction of sp³-hybridized carbons (Fsp3) is 0.125. The van der Waals surface area contributed by atoms with Gasteiger partial charge in [0.15, 0.2) is 0 Å². The molecule has 0 aliphatic carbocycles. The minimum Gasteiger partial charge on any atom is -0.480 e. The standard InChI is InChI=1S/C8H8F2N2O2/c9-3-1-4(7(12)8(13)14)6(11)5(10)2-3/h1-2,7H,11-12H2,(H,13,14)/t7-/m0/s1. The third-order valence-electron chi connectivity index (χ3n) is 1.73. The molecule has 6 heteroatoms. The summed E-state index contributed by atoms with van der Waals surface area (Å²) in [5.41, 5.74) is 9.66. The van der Waals surface area contributed by atoms with Gasteiger partial charge in [-0.15, -0.1) is 0 Å². The van der Waals surface area contributed by atoms with E-state index < -0.39 is 29.3 Å². The normalized spacial score (nSPS) is 12.5. The number of halogens is 2. The van der Waals surface area contributed by atoms with Crippen LogP contribution in [0.15, 0.2) is 12.1 Å². The molecule has 1 atom stereocenters. The Labute approximate surface area is 78.1 Å². The average molecular weight is 202 g/mol. The molecule has 4 nitrogen and oxygen atoms in total. The quantitative estimate of drug-likeness (QED) is 0.613. The van der Waals surface area contributed by atoms with Crippen molar-refractivity contribution < 1.29 is 18.7 Å². The summed E-state index contributed by atoms with van der Waals surface area (Å²) in [5, 5.41) is 8.52. The van der Waals surface area contributed by atoms with Gasteiger partial charge in [-0.1, -0.05) is 0 Å². The van der Waals surface area contributed by atoms with Crippen molar-refractivity contribution in [3.63, 3.8) is 0 Å². The Balaban J connectivity index is 3.26. The maximum absolute atomic E-state index is 12.9. The Morgan fingerprint density at radius 1 is 1.43 bits per heavy atom. The van der Waals surface area contributed by atoms with Gasteiger partial charge in [0.05, 0.1) is 5.69 Å². The highest BCUT2D eigenvalue weighted by Crippen LogP contribution is 2.23. The first kappa shape index (κ1) is 10.4. The zero-order valence-corrected chi connectivity index (χ0v) is 7.00. The van der Waals surface area contributed by atoms with Gasteiger partial charge in [0.2, 0.25) is 0 Å². The van der Waals surface area contributed by atoms with E-state index in [4.69, 9.17) is 16.6 Å². The molecule has 0 unspecified atom stereocenters. The van der Waals surface area contributed by atoms with Gasteiger partial charge < -0.3 is 16.6 Å². The number of benzene rings is 1. The molecule has 1 aromatic carbocycles. The molecular weight excluding hydrogens is 194 g/mol. The van der Waals surface area contributed by atoms with Crippen molar-refractivity contribution in [2.75, 3.05) is 5.73 Å². The molecule has 0 aromatic heterocycles. The molecule has 5 N–H and O–H groups in total. The van der Waals surface area contributed by atoms with Crippen LogP contribution in [-0.2, 0) is 4.79 Å². The van der Waals surface area contributed by atoms with E-state index in [0.29, 0.717) is 6.07 Å². The molecule has 0 fully saturated rings. The van der Waals surface area contributed by atoms with Gasteiger partial charge in [-0.2, -0.15) is 0 Å². The number of nitrogen functional groups attached to an aromatic ring is 1. The van der Waals surface area contributed by atoms with Crippen LogP contribution in [0.5, 0.6) is 0 Å². The third kappa shape index (κ3) is 1.80. The molecule has 0 saturated carbocycles. The van der Waals surface area contributed by atoms with Crippen LogP contribution in [0.4, 0.5) is 14.5 Å². The van der Waals surface area contributed by atoms with Crippen molar-refractivity contribution in [2.24, 2.45) is 5.73 Å². The van der Waals surface area contributed by atoms with Gasteiger partial charge in [-0.3, -0.25) is 4.79 Å². The molecule has 0 saturated heterocycles. The zero-order chi connectivity index (χ0) is 10.9. The summed E-state index contributed by atoms with van der Waals surface area (Å²) >= 11 is 0. The molecular formula is C8H8F2N2O2. The number of nitrogens with two attached hydrogens (primary N) is 2. The number of rotatable bonds is 2. The fourth-order valence-corrected chi connectivity index (χ4v) is 0.995. The van der Waals surface area contributed by atoms with Gasteiger partial charge in [0.1, 0.15) is 17.7 Å². The molecule has 14 heavy (non-hydrogen) atoms. The number of carboxylic acid groups (broad SMARTS) is 1. The minimum absolute atomic E-state index is 0.269. The smallest absolute Gasteiger partial charge is 0.325 e. The van der Waals surface area contributed by atoms with Crippen LogP contribution in [0.2, 0.25) is 0 Å². The molecule has 0 amide bonds. The van der Waals surface area contributed by atoms with Crippen LogP contribution in [-0.4, -0.2) is 11.1 Å². The second-order valence-corrected chi connectivity index (χ2v) is 2.71. The van der Waals surface area contributed by atoms with Crippen molar-refractivity contribution in [3.05, 3.63) is 29.3 Å². The predicted molar refractivity (Wildman–Crippen MR) is 45.3 cm³/mol. The van der Waals surface area contributed by atoms with E-state index in [0.717, 1.165) is 6.07 Å². The Hall–Kier alpha value is -1.69. The molecule has 0 bridgehead atoms. The fourth-order valence-electron chi connectivity index (χ4n) is 0.995. The van der Waals surface area contributed by atoms with E-state index in [1.807, 2.05) is 0 Å². The molecule has 0 aliphatic heterocycles. The lowest BCUT2D eigenvalue weighted by Gasteiger charge is -2.10. The summed E-state index contributed by atoms with van der Waals surface area (Å²) in [4.78, 5) is 10.4. The lowest BCUT2D eigenvalue weighted by atomic mass is 10.1. The number of anilines is 1. The highest BCUT2D eigenvalue weighted by Gasteiger charge is 2.20. The Kier molecular flexibility index (Phi) is 2.66. The van der Waals surface area contributed by atoms with Crippen LogP contribution in [0, 0.1) is 11.6 Å². The second-order valence-electron chi connectivity index (χ2n) is 2.71. The van der Waals surface area contributed by atoms with Crippen LogP contribution >= 0.6 is 0 Å². The third-order valence-corrected chi connectivity index (χ3v) is 1.73. The number of aliphatic carboxylic acids is 1. The van der Waals surface area contributed by atoms with Gasteiger partial charge >= 0.3 is 5.97 Å².